The predicted molar refractivity (Wildman–Crippen MR) is 269 cm³/mol. The van der Waals surface area contributed by atoms with Crippen LogP contribution in [-0.2, 0) is 5.41 Å². The molecule has 0 N–H and O–H groups in total. The Morgan fingerprint density at radius 1 is 0.397 bits per heavy atom. The van der Waals surface area contributed by atoms with Crippen LogP contribution in [0.4, 0.5) is 22.7 Å². The van der Waals surface area contributed by atoms with Crippen LogP contribution in [0.2, 0.25) is 0 Å². The molecule has 1 unspecified atom stereocenters. The molecule has 0 radical (unpaired) electrons. The van der Waals surface area contributed by atoms with Gasteiger partial charge in [0.25, 0.3) is 0 Å². The Bertz CT molecular complexity index is 4120. The van der Waals surface area contributed by atoms with Gasteiger partial charge < -0.3 is 23.5 Å². The van der Waals surface area contributed by atoms with Gasteiger partial charge in [-0.2, -0.15) is 0 Å². The van der Waals surface area contributed by atoms with E-state index in [1.54, 1.807) is 0 Å². The first-order valence-corrected chi connectivity index (χ1v) is 22.7. The van der Waals surface area contributed by atoms with Crippen LogP contribution >= 0.6 is 0 Å². The zero-order chi connectivity index (χ0) is 44.7. The topological polar surface area (TPSA) is 61.7 Å². The molecule has 15 rings (SSSR count). The predicted octanol–water partition coefficient (Wildman–Crippen LogP) is 15.3. The molecule has 3 aliphatic rings. The summed E-state index contributed by atoms with van der Waals surface area (Å²) in [7, 11) is 0. The first-order chi connectivity index (χ1) is 33.7. The first-order valence-electron chi connectivity index (χ1n) is 22.7. The van der Waals surface area contributed by atoms with Crippen LogP contribution < -0.4 is 14.4 Å². The van der Waals surface area contributed by atoms with Crippen molar-refractivity contribution in [3.05, 3.63) is 240 Å². The number of pyridine rings is 2. The van der Waals surface area contributed by atoms with Gasteiger partial charge in [0, 0.05) is 44.1 Å². The quantitative estimate of drug-likeness (QED) is 0.166. The summed E-state index contributed by atoms with van der Waals surface area (Å²) >= 11 is 0. The molecule has 12 aromatic rings. The summed E-state index contributed by atoms with van der Waals surface area (Å²) in [5.74, 6) is 3.07. The highest BCUT2D eigenvalue weighted by Gasteiger charge is 2.53. The van der Waals surface area contributed by atoms with Gasteiger partial charge in [-0.1, -0.05) is 103 Å². The van der Waals surface area contributed by atoms with E-state index in [-0.39, 0.29) is 0 Å². The molecule has 4 aromatic heterocycles. The van der Waals surface area contributed by atoms with Crippen molar-refractivity contribution in [3.8, 4) is 45.8 Å². The Morgan fingerprint density at radius 3 is 1.47 bits per heavy atom. The van der Waals surface area contributed by atoms with Crippen molar-refractivity contribution in [2.75, 3.05) is 4.90 Å². The van der Waals surface area contributed by atoms with Crippen molar-refractivity contribution in [1.82, 2.24) is 19.1 Å². The van der Waals surface area contributed by atoms with Crippen molar-refractivity contribution in [1.29, 1.82) is 0 Å². The van der Waals surface area contributed by atoms with Crippen molar-refractivity contribution in [2.45, 2.75) is 5.41 Å². The van der Waals surface area contributed by atoms with Crippen LogP contribution in [0.25, 0.3) is 71.2 Å². The number of hydrogen-bond acceptors (Lipinski definition) is 5. The van der Waals surface area contributed by atoms with Gasteiger partial charge in [0.1, 0.15) is 11.5 Å². The molecule has 1 atom stereocenters. The molecule has 1 aliphatic carbocycles. The van der Waals surface area contributed by atoms with E-state index >= 15 is 0 Å². The van der Waals surface area contributed by atoms with E-state index in [1.807, 2.05) is 54.9 Å². The second-order valence-corrected chi connectivity index (χ2v) is 17.6. The fourth-order valence-electron chi connectivity index (χ4n) is 11.5. The second-order valence-electron chi connectivity index (χ2n) is 17.6. The van der Waals surface area contributed by atoms with E-state index in [9.17, 15) is 0 Å². The standard InChI is InChI=1S/C60H34N6O2/c1-61-36-26-28-51-43(30-36)42-16-4-8-20-50(42)66(51)39-33-47-59(63-35-39)58-46(32-38(34-62-58)65-48-18-6-2-14-40(48)41-15-3-7-19-49(41)65)60(47)44-17-5-11-23-54(44)67-55-29-27-37(31-45(55)60)64-52-21-9-12-24-56(52)68-57-25-13-10-22-53(57)64/h2-35H. The summed E-state index contributed by atoms with van der Waals surface area (Å²) in [6.07, 6.45) is 3.98. The smallest absolute Gasteiger partial charge is 0.188 e. The van der Waals surface area contributed by atoms with Gasteiger partial charge in [-0.15, -0.1) is 0 Å². The van der Waals surface area contributed by atoms with Gasteiger partial charge in [-0.3, -0.25) is 9.97 Å². The van der Waals surface area contributed by atoms with Crippen molar-refractivity contribution in [2.24, 2.45) is 0 Å². The highest BCUT2D eigenvalue weighted by molar-refractivity contribution is 6.11. The molecule has 6 heterocycles. The average molecular weight is 871 g/mol. The minimum Gasteiger partial charge on any atom is -0.457 e. The van der Waals surface area contributed by atoms with E-state index in [0.717, 1.165) is 118 Å². The Morgan fingerprint density at radius 2 is 0.868 bits per heavy atom. The highest BCUT2D eigenvalue weighted by Crippen LogP contribution is 2.63. The Balaban J connectivity index is 1.06. The van der Waals surface area contributed by atoms with E-state index < -0.39 is 5.41 Å². The zero-order valence-corrected chi connectivity index (χ0v) is 36.1. The summed E-state index contributed by atoms with van der Waals surface area (Å²) in [4.78, 5) is 17.0. The number of benzene rings is 8. The van der Waals surface area contributed by atoms with E-state index in [4.69, 9.17) is 26.0 Å². The summed E-state index contributed by atoms with van der Waals surface area (Å²) in [5, 5.41) is 4.45. The maximum atomic E-state index is 7.85. The molecule has 0 amide bonds. The molecule has 68 heavy (non-hydrogen) atoms. The number of nitrogens with zero attached hydrogens (tertiary/aromatic N) is 6. The minimum atomic E-state index is -0.961. The number of rotatable bonds is 3. The number of anilines is 3. The first kappa shape index (κ1) is 36.8. The van der Waals surface area contributed by atoms with Gasteiger partial charge >= 0.3 is 0 Å². The number of para-hydroxylation sites is 8. The number of aromatic nitrogens is 4. The van der Waals surface area contributed by atoms with Crippen molar-refractivity contribution < 1.29 is 9.47 Å². The minimum absolute atomic E-state index is 0.601. The average Bonchev–Trinajstić information content (AvgIpc) is 4.01. The number of ether oxygens (including phenoxy) is 2. The van der Waals surface area contributed by atoms with Crippen LogP contribution in [0, 0.1) is 6.57 Å². The summed E-state index contributed by atoms with van der Waals surface area (Å²) in [6, 6.07) is 67.6. The third kappa shape index (κ3) is 4.81. The van der Waals surface area contributed by atoms with E-state index in [2.05, 4.69) is 171 Å². The molecule has 1 spiro atoms. The fourth-order valence-corrected chi connectivity index (χ4v) is 11.5. The van der Waals surface area contributed by atoms with Crippen LogP contribution in [0.1, 0.15) is 22.3 Å². The molecule has 0 saturated heterocycles. The molecule has 2 aliphatic heterocycles. The summed E-state index contributed by atoms with van der Waals surface area (Å²) in [5.41, 5.74) is 14.2. The fraction of sp³-hybridized carbons (Fsp3) is 0.0167. The molecule has 0 fully saturated rings. The Labute approximate surface area is 389 Å². The maximum absolute atomic E-state index is 7.85. The molecule has 316 valence electrons. The van der Waals surface area contributed by atoms with Crippen LogP contribution in [0.3, 0.4) is 0 Å². The van der Waals surface area contributed by atoms with Gasteiger partial charge in [-0.25, -0.2) is 4.85 Å². The van der Waals surface area contributed by atoms with E-state index in [1.165, 1.54) is 10.8 Å². The van der Waals surface area contributed by atoms with Crippen LogP contribution in [0.15, 0.2) is 207 Å². The van der Waals surface area contributed by atoms with Crippen LogP contribution in [-0.4, -0.2) is 19.1 Å². The molecule has 0 saturated carbocycles. The normalized spacial score (nSPS) is 15.0. The molecule has 0 bridgehead atoms. The Hall–Kier alpha value is -9.45. The third-order valence-electron chi connectivity index (χ3n) is 14.2. The van der Waals surface area contributed by atoms with Gasteiger partial charge in [0.2, 0.25) is 0 Å². The molecule has 8 aromatic carbocycles. The number of fused-ring (bicyclic) bond motifs is 17. The zero-order valence-electron chi connectivity index (χ0n) is 36.1. The summed E-state index contributed by atoms with van der Waals surface area (Å²) < 4.78 is 18.1. The van der Waals surface area contributed by atoms with Gasteiger partial charge in [0.15, 0.2) is 17.2 Å². The van der Waals surface area contributed by atoms with Crippen molar-refractivity contribution >= 4 is 66.4 Å². The Kier molecular flexibility index (Phi) is 7.34. The lowest BCUT2D eigenvalue weighted by atomic mass is 9.66. The lowest BCUT2D eigenvalue weighted by molar-refractivity contribution is 0.436. The lowest BCUT2D eigenvalue weighted by Gasteiger charge is -2.40. The van der Waals surface area contributed by atoms with E-state index in [0.29, 0.717) is 5.69 Å². The lowest BCUT2D eigenvalue weighted by Crippen LogP contribution is -2.33. The summed E-state index contributed by atoms with van der Waals surface area (Å²) in [6.45, 7) is 7.85. The highest BCUT2D eigenvalue weighted by atomic mass is 16.5. The van der Waals surface area contributed by atoms with Gasteiger partial charge in [-0.05, 0) is 96.4 Å². The maximum Gasteiger partial charge on any atom is 0.188 e. The molecule has 8 nitrogen and oxygen atoms in total. The van der Waals surface area contributed by atoms with Crippen LogP contribution in [0.5, 0.6) is 23.0 Å². The largest absolute Gasteiger partial charge is 0.457 e. The molecular formula is C60H34N6O2. The third-order valence-corrected chi connectivity index (χ3v) is 14.2. The number of hydrogen-bond donors (Lipinski definition) is 0. The SMILES string of the molecule is [C-]#[N+]c1ccc2c(c1)c1ccccc1n2-c1cnc2c(c1)C1(c3ccccc3Oc3ccc(N4c5ccccc5Oc5ccccc54)cc31)c1cc(-n3c4ccccc4c4ccccc43)cnc1-2. The molecule has 8 heteroatoms. The van der Waals surface area contributed by atoms with Crippen molar-refractivity contribution in [3.63, 3.8) is 0 Å². The van der Waals surface area contributed by atoms with Gasteiger partial charge in [0.05, 0.1) is 80.6 Å². The monoisotopic (exact) mass is 870 g/mol. The molecular weight excluding hydrogens is 837 g/mol. The second kappa shape index (κ2) is 13.5.